The van der Waals surface area contributed by atoms with E-state index >= 15 is 0 Å². The van der Waals surface area contributed by atoms with E-state index in [2.05, 4.69) is 16.7 Å². The highest BCUT2D eigenvalue weighted by atomic mass is 16.5. The number of hydrogen-bond donors (Lipinski definition) is 1. The van der Waals surface area contributed by atoms with Crippen molar-refractivity contribution in [2.45, 2.75) is 38.7 Å². The molecule has 0 radical (unpaired) electrons. The van der Waals surface area contributed by atoms with Gasteiger partial charge < -0.3 is 19.6 Å². The van der Waals surface area contributed by atoms with Crippen LogP contribution in [0.3, 0.4) is 0 Å². The molecule has 4 heteroatoms. The molecule has 3 rings (SSSR count). The quantitative estimate of drug-likeness (QED) is 0.840. The fraction of sp³-hybridized carbons (Fsp3) is 1.00. The highest BCUT2D eigenvalue weighted by Crippen LogP contribution is 2.38. The van der Waals surface area contributed by atoms with Gasteiger partial charge in [-0.05, 0) is 51.2 Å². The molecule has 3 heterocycles. The van der Waals surface area contributed by atoms with Gasteiger partial charge in [-0.3, -0.25) is 0 Å². The van der Waals surface area contributed by atoms with E-state index in [1.54, 1.807) is 0 Å². The molecule has 0 amide bonds. The third-order valence-corrected chi connectivity index (χ3v) is 5.52. The van der Waals surface area contributed by atoms with Gasteiger partial charge in [0.1, 0.15) is 0 Å². The molecular formula is C16H30N2O2. The van der Waals surface area contributed by atoms with Crippen LogP contribution in [0, 0.1) is 11.3 Å². The van der Waals surface area contributed by atoms with Gasteiger partial charge in [-0.1, -0.05) is 6.92 Å². The number of aliphatic hydroxyl groups is 1. The van der Waals surface area contributed by atoms with Crippen molar-refractivity contribution in [3.63, 3.8) is 0 Å². The molecule has 3 aliphatic heterocycles. The molecule has 20 heavy (non-hydrogen) atoms. The predicted octanol–water partition coefficient (Wildman–Crippen LogP) is 1.19. The van der Waals surface area contributed by atoms with Gasteiger partial charge in [0, 0.05) is 31.7 Å². The lowest BCUT2D eigenvalue weighted by Gasteiger charge is -2.32. The van der Waals surface area contributed by atoms with E-state index in [1.807, 2.05) is 0 Å². The average Bonchev–Trinajstić information content (AvgIpc) is 3.03. The number of piperidine rings is 1. The maximum Gasteiger partial charge on any atom is 0.0793 e. The summed E-state index contributed by atoms with van der Waals surface area (Å²) in [4.78, 5) is 4.89. The van der Waals surface area contributed by atoms with Crippen LogP contribution in [0.15, 0.2) is 0 Å². The Kier molecular flexibility index (Phi) is 4.65. The minimum Gasteiger partial charge on any atom is -0.390 e. The van der Waals surface area contributed by atoms with E-state index in [4.69, 9.17) is 4.74 Å². The highest BCUT2D eigenvalue weighted by Gasteiger charge is 2.41. The second-order valence-electron chi connectivity index (χ2n) is 7.42. The van der Waals surface area contributed by atoms with Crippen molar-refractivity contribution >= 4 is 0 Å². The lowest BCUT2D eigenvalue weighted by Crippen LogP contribution is -2.43. The Bertz CT molecular complexity index is 310. The van der Waals surface area contributed by atoms with Crippen LogP contribution in [0.1, 0.15) is 32.6 Å². The first kappa shape index (κ1) is 14.8. The SMILES string of the molecule is CC1CCN(CC(O)CN2CCC3(CCOC3)C2)CC1. The normalized spacial score (nSPS) is 35.1. The summed E-state index contributed by atoms with van der Waals surface area (Å²) in [6, 6.07) is 0. The third kappa shape index (κ3) is 3.53. The van der Waals surface area contributed by atoms with Crippen LogP contribution >= 0.6 is 0 Å². The second-order valence-corrected chi connectivity index (χ2v) is 7.42. The van der Waals surface area contributed by atoms with Crippen LogP contribution in [0.5, 0.6) is 0 Å². The zero-order valence-corrected chi connectivity index (χ0v) is 12.9. The van der Waals surface area contributed by atoms with E-state index in [0.717, 1.165) is 58.4 Å². The van der Waals surface area contributed by atoms with Crippen LogP contribution in [0.4, 0.5) is 0 Å². The highest BCUT2D eigenvalue weighted by molar-refractivity contribution is 4.93. The molecule has 0 aliphatic carbocycles. The molecule has 2 atom stereocenters. The molecule has 4 nitrogen and oxygen atoms in total. The molecule has 3 aliphatic rings. The van der Waals surface area contributed by atoms with Gasteiger partial charge >= 0.3 is 0 Å². The van der Waals surface area contributed by atoms with Crippen molar-refractivity contribution < 1.29 is 9.84 Å². The molecule has 1 spiro atoms. The van der Waals surface area contributed by atoms with E-state index in [1.165, 1.54) is 25.7 Å². The molecule has 0 aromatic carbocycles. The number of β-amino-alcohol motifs (C(OH)–C–C–N with tert-alkyl or cyclic N) is 1. The van der Waals surface area contributed by atoms with Gasteiger partial charge in [0.25, 0.3) is 0 Å². The zero-order valence-electron chi connectivity index (χ0n) is 12.9. The minimum absolute atomic E-state index is 0.194. The predicted molar refractivity (Wildman–Crippen MR) is 79.8 cm³/mol. The van der Waals surface area contributed by atoms with Crippen molar-refractivity contribution in [1.29, 1.82) is 0 Å². The molecule has 2 unspecified atom stereocenters. The van der Waals surface area contributed by atoms with Crippen molar-refractivity contribution in [2.75, 3.05) is 52.5 Å². The monoisotopic (exact) mass is 282 g/mol. The average molecular weight is 282 g/mol. The Morgan fingerprint density at radius 2 is 1.90 bits per heavy atom. The topological polar surface area (TPSA) is 35.9 Å². The maximum absolute atomic E-state index is 10.3. The van der Waals surface area contributed by atoms with Crippen molar-refractivity contribution in [2.24, 2.45) is 11.3 Å². The maximum atomic E-state index is 10.3. The van der Waals surface area contributed by atoms with E-state index < -0.39 is 0 Å². The lowest BCUT2D eigenvalue weighted by atomic mass is 9.87. The molecule has 3 fully saturated rings. The summed E-state index contributed by atoms with van der Waals surface area (Å²) >= 11 is 0. The molecule has 3 saturated heterocycles. The fourth-order valence-electron chi connectivity index (χ4n) is 4.05. The number of hydrogen-bond acceptors (Lipinski definition) is 4. The van der Waals surface area contributed by atoms with Crippen LogP contribution in [0.25, 0.3) is 0 Å². The van der Waals surface area contributed by atoms with Gasteiger partial charge in [-0.25, -0.2) is 0 Å². The van der Waals surface area contributed by atoms with Gasteiger partial charge in [0.15, 0.2) is 0 Å². The summed E-state index contributed by atoms with van der Waals surface area (Å²) < 4.78 is 5.57. The number of aliphatic hydroxyl groups excluding tert-OH is 1. The number of ether oxygens (including phenoxy) is 1. The molecule has 116 valence electrons. The molecule has 0 aromatic rings. The molecule has 0 bridgehead atoms. The Balaban J connectivity index is 1.40. The summed E-state index contributed by atoms with van der Waals surface area (Å²) in [6.45, 7) is 10.5. The first-order chi connectivity index (χ1) is 9.65. The number of likely N-dealkylation sites (tertiary alicyclic amines) is 2. The van der Waals surface area contributed by atoms with Gasteiger partial charge in [0.2, 0.25) is 0 Å². The smallest absolute Gasteiger partial charge is 0.0793 e. The molecule has 0 saturated carbocycles. The largest absolute Gasteiger partial charge is 0.390 e. The van der Waals surface area contributed by atoms with Crippen molar-refractivity contribution in [1.82, 2.24) is 9.80 Å². The summed E-state index contributed by atoms with van der Waals surface area (Å²) in [5.74, 6) is 0.865. The Labute approximate surface area is 123 Å². The Morgan fingerprint density at radius 1 is 1.15 bits per heavy atom. The Morgan fingerprint density at radius 3 is 2.60 bits per heavy atom. The third-order valence-electron chi connectivity index (χ3n) is 5.52. The van der Waals surface area contributed by atoms with Crippen LogP contribution in [0.2, 0.25) is 0 Å². The number of nitrogens with zero attached hydrogens (tertiary/aromatic N) is 2. The van der Waals surface area contributed by atoms with Gasteiger partial charge in [-0.15, -0.1) is 0 Å². The van der Waals surface area contributed by atoms with E-state index in [9.17, 15) is 5.11 Å². The zero-order chi connectivity index (χ0) is 14.0. The van der Waals surface area contributed by atoms with Crippen molar-refractivity contribution in [3.05, 3.63) is 0 Å². The number of rotatable bonds is 4. The second kappa shape index (κ2) is 6.30. The van der Waals surface area contributed by atoms with Crippen LogP contribution in [-0.4, -0.2) is 73.5 Å². The molecule has 0 aromatic heterocycles. The molecule has 1 N–H and O–H groups in total. The lowest BCUT2D eigenvalue weighted by molar-refractivity contribution is 0.0633. The van der Waals surface area contributed by atoms with Gasteiger partial charge in [0.05, 0.1) is 12.7 Å². The molecular weight excluding hydrogens is 252 g/mol. The fourth-order valence-corrected chi connectivity index (χ4v) is 4.05. The van der Waals surface area contributed by atoms with Crippen LogP contribution in [-0.2, 0) is 4.74 Å². The first-order valence-electron chi connectivity index (χ1n) is 8.36. The van der Waals surface area contributed by atoms with Gasteiger partial charge in [-0.2, -0.15) is 0 Å². The Hall–Kier alpha value is -0.160. The summed E-state index contributed by atoms with van der Waals surface area (Å²) in [5, 5.41) is 10.3. The standard InChI is InChI=1S/C16H30N2O2/c1-14-2-6-17(7-3-14)10-15(19)11-18-8-4-16(12-18)5-9-20-13-16/h14-15,19H,2-13H2,1H3. The first-order valence-corrected chi connectivity index (χ1v) is 8.36. The minimum atomic E-state index is -0.194. The summed E-state index contributed by atoms with van der Waals surface area (Å²) in [7, 11) is 0. The summed E-state index contributed by atoms with van der Waals surface area (Å²) in [6.07, 6.45) is 4.85. The summed E-state index contributed by atoms with van der Waals surface area (Å²) in [5.41, 5.74) is 0.417. The van der Waals surface area contributed by atoms with E-state index in [0.29, 0.717) is 5.41 Å². The van der Waals surface area contributed by atoms with E-state index in [-0.39, 0.29) is 6.10 Å². The van der Waals surface area contributed by atoms with Crippen LogP contribution < -0.4 is 0 Å². The van der Waals surface area contributed by atoms with Crippen molar-refractivity contribution in [3.8, 4) is 0 Å².